The van der Waals surface area contributed by atoms with E-state index in [1.165, 1.54) is 18.4 Å². The van der Waals surface area contributed by atoms with E-state index in [9.17, 15) is 9.59 Å². The molecule has 0 saturated carbocycles. The third-order valence-corrected chi connectivity index (χ3v) is 5.04. The lowest BCUT2D eigenvalue weighted by atomic mass is 10.1. The van der Waals surface area contributed by atoms with Gasteiger partial charge in [-0.1, -0.05) is 30.5 Å². The molecule has 2 amide bonds. The molecule has 3 rings (SSSR count). The maximum absolute atomic E-state index is 12.8. The summed E-state index contributed by atoms with van der Waals surface area (Å²) < 4.78 is 0. The number of anilines is 1. The van der Waals surface area contributed by atoms with Gasteiger partial charge in [0.15, 0.2) is 0 Å². The Balaban J connectivity index is 1.72. The summed E-state index contributed by atoms with van der Waals surface area (Å²) in [5.74, 6) is 0.0685. The summed E-state index contributed by atoms with van der Waals surface area (Å²) in [5.41, 5.74) is 3.24. The average Bonchev–Trinajstić information content (AvgIpc) is 2.74. The van der Waals surface area contributed by atoms with Crippen LogP contribution < -0.4 is 4.90 Å². The van der Waals surface area contributed by atoms with Crippen LogP contribution in [0.5, 0.6) is 0 Å². The minimum Gasteiger partial charge on any atom is -0.342 e. The molecule has 23 heavy (non-hydrogen) atoms. The van der Waals surface area contributed by atoms with Crippen molar-refractivity contribution in [1.82, 2.24) is 4.90 Å². The molecule has 2 aliphatic heterocycles. The first-order valence-corrected chi connectivity index (χ1v) is 8.72. The number of benzene rings is 1. The van der Waals surface area contributed by atoms with Gasteiger partial charge >= 0.3 is 0 Å². The summed E-state index contributed by atoms with van der Waals surface area (Å²) in [5, 5.41) is 0. The second kappa shape index (κ2) is 6.73. The van der Waals surface area contributed by atoms with Crippen LogP contribution in [0, 0.1) is 19.8 Å². The second-order valence-electron chi connectivity index (χ2n) is 6.93. The highest BCUT2D eigenvalue weighted by atomic mass is 16.2. The smallest absolute Gasteiger partial charge is 0.228 e. The van der Waals surface area contributed by atoms with Crippen LogP contribution in [0.3, 0.4) is 0 Å². The third-order valence-electron chi connectivity index (χ3n) is 5.04. The molecule has 2 fully saturated rings. The zero-order chi connectivity index (χ0) is 16.4. The molecule has 0 N–H and O–H groups in total. The van der Waals surface area contributed by atoms with Crippen molar-refractivity contribution in [2.24, 2.45) is 5.92 Å². The van der Waals surface area contributed by atoms with Crippen LogP contribution in [0.25, 0.3) is 0 Å². The number of carbonyl (C=O) groups excluding carboxylic acids is 2. The monoisotopic (exact) mass is 314 g/mol. The van der Waals surface area contributed by atoms with E-state index in [1.807, 2.05) is 30.9 Å². The molecule has 2 aliphatic rings. The fourth-order valence-corrected chi connectivity index (χ4v) is 3.76. The van der Waals surface area contributed by atoms with Crippen molar-refractivity contribution in [2.75, 3.05) is 24.5 Å². The molecule has 2 saturated heterocycles. The number of amides is 2. The number of hydrogen-bond acceptors (Lipinski definition) is 2. The highest BCUT2D eigenvalue weighted by molar-refractivity contribution is 6.00. The summed E-state index contributed by atoms with van der Waals surface area (Å²) in [6, 6.07) is 6.12. The quantitative estimate of drug-likeness (QED) is 0.842. The zero-order valence-electron chi connectivity index (χ0n) is 14.2. The highest BCUT2D eigenvalue weighted by Crippen LogP contribution is 2.29. The Labute approximate surface area is 138 Å². The van der Waals surface area contributed by atoms with E-state index in [-0.39, 0.29) is 17.7 Å². The molecule has 124 valence electrons. The molecule has 1 aromatic rings. The van der Waals surface area contributed by atoms with Crippen LogP contribution in [0.2, 0.25) is 0 Å². The van der Waals surface area contributed by atoms with Crippen molar-refractivity contribution in [2.45, 2.75) is 46.0 Å². The molecule has 1 unspecified atom stereocenters. The van der Waals surface area contributed by atoms with Crippen molar-refractivity contribution >= 4 is 17.5 Å². The summed E-state index contributed by atoms with van der Waals surface area (Å²) in [6.45, 7) is 6.31. The molecule has 4 heteroatoms. The molecule has 1 atom stereocenters. The first-order chi connectivity index (χ1) is 11.1. The maximum Gasteiger partial charge on any atom is 0.228 e. The molecule has 0 spiro atoms. The molecule has 0 bridgehead atoms. The summed E-state index contributed by atoms with van der Waals surface area (Å²) in [7, 11) is 0. The maximum atomic E-state index is 12.8. The number of likely N-dealkylation sites (tertiary alicyclic amines) is 1. The number of rotatable bonds is 2. The van der Waals surface area contributed by atoms with Gasteiger partial charge in [0, 0.05) is 31.7 Å². The van der Waals surface area contributed by atoms with Crippen LogP contribution in [0.15, 0.2) is 18.2 Å². The molecule has 0 radical (unpaired) electrons. The Kier molecular flexibility index (Phi) is 4.69. The lowest BCUT2D eigenvalue weighted by Crippen LogP contribution is -2.38. The van der Waals surface area contributed by atoms with Crippen LogP contribution in [0.1, 0.15) is 43.2 Å². The first-order valence-electron chi connectivity index (χ1n) is 8.72. The molecule has 4 nitrogen and oxygen atoms in total. The number of nitrogens with zero attached hydrogens (tertiary/aromatic N) is 2. The Morgan fingerprint density at radius 3 is 2.43 bits per heavy atom. The topological polar surface area (TPSA) is 40.6 Å². The molecular formula is C19H26N2O2. The van der Waals surface area contributed by atoms with Crippen molar-refractivity contribution < 1.29 is 9.59 Å². The van der Waals surface area contributed by atoms with Crippen molar-refractivity contribution in [3.63, 3.8) is 0 Å². The van der Waals surface area contributed by atoms with Crippen molar-refractivity contribution in [3.05, 3.63) is 29.3 Å². The molecule has 1 aromatic carbocycles. The third kappa shape index (κ3) is 3.41. The molecule has 0 aliphatic carbocycles. The van der Waals surface area contributed by atoms with Gasteiger partial charge in [0.1, 0.15) is 0 Å². The van der Waals surface area contributed by atoms with Crippen molar-refractivity contribution in [3.8, 4) is 0 Å². The van der Waals surface area contributed by atoms with Gasteiger partial charge in [-0.05, 0) is 38.3 Å². The van der Waals surface area contributed by atoms with Crippen LogP contribution in [-0.2, 0) is 9.59 Å². The van der Waals surface area contributed by atoms with E-state index >= 15 is 0 Å². The summed E-state index contributed by atoms with van der Waals surface area (Å²) >= 11 is 0. The van der Waals surface area contributed by atoms with Gasteiger partial charge in [0.2, 0.25) is 11.8 Å². The van der Waals surface area contributed by atoms with E-state index < -0.39 is 0 Å². The van der Waals surface area contributed by atoms with Crippen molar-refractivity contribution in [1.29, 1.82) is 0 Å². The van der Waals surface area contributed by atoms with E-state index in [0.717, 1.165) is 37.2 Å². The molecule has 2 heterocycles. The lowest BCUT2D eigenvalue weighted by molar-refractivity contribution is -0.135. The molecule has 0 aromatic heterocycles. The minimum absolute atomic E-state index is 0.0742. The molecular weight excluding hydrogens is 288 g/mol. The van der Waals surface area contributed by atoms with Gasteiger partial charge in [-0.2, -0.15) is 0 Å². The highest BCUT2D eigenvalue weighted by Gasteiger charge is 2.37. The van der Waals surface area contributed by atoms with Gasteiger partial charge < -0.3 is 9.80 Å². The van der Waals surface area contributed by atoms with Gasteiger partial charge in [0.05, 0.1) is 5.92 Å². The lowest BCUT2D eigenvalue weighted by Gasteiger charge is -2.24. The van der Waals surface area contributed by atoms with Crippen LogP contribution >= 0.6 is 0 Å². The Morgan fingerprint density at radius 1 is 1.09 bits per heavy atom. The Hall–Kier alpha value is -1.84. The van der Waals surface area contributed by atoms with E-state index in [2.05, 4.69) is 6.07 Å². The normalized spacial score (nSPS) is 22.3. The number of hydrogen-bond donors (Lipinski definition) is 0. The van der Waals surface area contributed by atoms with Gasteiger partial charge in [-0.3, -0.25) is 9.59 Å². The average molecular weight is 314 g/mol. The predicted molar refractivity (Wildman–Crippen MR) is 91.4 cm³/mol. The van der Waals surface area contributed by atoms with Crippen LogP contribution in [0.4, 0.5) is 5.69 Å². The largest absolute Gasteiger partial charge is 0.342 e. The van der Waals surface area contributed by atoms with Gasteiger partial charge in [0.25, 0.3) is 0 Å². The Morgan fingerprint density at radius 2 is 1.78 bits per heavy atom. The fourth-order valence-electron chi connectivity index (χ4n) is 3.76. The van der Waals surface area contributed by atoms with E-state index in [0.29, 0.717) is 13.0 Å². The number of carbonyl (C=O) groups is 2. The van der Waals surface area contributed by atoms with Crippen LogP contribution in [-0.4, -0.2) is 36.3 Å². The van der Waals surface area contributed by atoms with E-state index in [4.69, 9.17) is 0 Å². The number of aryl methyl sites for hydroxylation is 2. The van der Waals surface area contributed by atoms with Gasteiger partial charge in [-0.25, -0.2) is 0 Å². The zero-order valence-corrected chi connectivity index (χ0v) is 14.2. The Bertz CT molecular complexity index is 603. The SMILES string of the molecule is Cc1ccc(N2CC(C(=O)N3CCCCCC3)CC2=O)c(C)c1. The summed E-state index contributed by atoms with van der Waals surface area (Å²) in [4.78, 5) is 29.0. The minimum atomic E-state index is -0.179. The second-order valence-corrected chi connectivity index (χ2v) is 6.93. The predicted octanol–water partition coefficient (Wildman–Crippen LogP) is 3.06. The standard InChI is InChI=1S/C19H26N2O2/c1-14-7-8-17(15(2)11-14)21-13-16(12-18(21)22)19(23)20-9-5-3-4-6-10-20/h7-8,11,16H,3-6,9-10,12-13H2,1-2H3. The van der Waals surface area contributed by atoms with Gasteiger partial charge in [-0.15, -0.1) is 0 Å². The van der Waals surface area contributed by atoms with E-state index in [1.54, 1.807) is 4.90 Å². The first kappa shape index (κ1) is 16.0. The summed E-state index contributed by atoms with van der Waals surface area (Å²) in [6.07, 6.45) is 4.95. The fraction of sp³-hybridized carbons (Fsp3) is 0.579.